The smallest absolute Gasteiger partial charge is 0.337 e. The van der Waals surface area contributed by atoms with Crippen molar-refractivity contribution in [3.8, 4) is 17.4 Å². The molecule has 0 bridgehead atoms. The number of rotatable bonds is 10. The fourth-order valence-electron chi connectivity index (χ4n) is 4.86. The number of nitrogens with one attached hydrogen (secondary N) is 2. The zero-order valence-electron chi connectivity index (χ0n) is 23.2. The molecule has 1 aliphatic carbocycles. The molecule has 0 radical (unpaired) electrons. The van der Waals surface area contributed by atoms with Crippen molar-refractivity contribution in [1.29, 1.82) is 0 Å². The fourth-order valence-corrected chi connectivity index (χ4v) is 4.86. The van der Waals surface area contributed by atoms with Gasteiger partial charge in [-0.15, -0.1) is 0 Å². The Hall–Kier alpha value is -5.25. The Labute approximate surface area is 247 Å². The number of aromatic nitrogens is 1. The van der Waals surface area contributed by atoms with Gasteiger partial charge in [0.2, 0.25) is 11.8 Å². The van der Waals surface area contributed by atoms with Gasteiger partial charge in [0.1, 0.15) is 17.3 Å². The number of nitrogens with zero attached hydrogens (tertiary/aromatic N) is 1. The molecule has 1 fully saturated rings. The minimum Gasteiger partial charge on any atom is -0.490 e. The minimum absolute atomic E-state index is 0.0192. The second kappa shape index (κ2) is 13.6. The van der Waals surface area contributed by atoms with Crippen LogP contribution in [-0.4, -0.2) is 40.0 Å². The molecular weight excluding hydrogens is 553 g/mol. The van der Waals surface area contributed by atoms with E-state index >= 15 is 0 Å². The van der Waals surface area contributed by atoms with E-state index in [0.717, 1.165) is 25.7 Å². The van der Waals surface area contributed by atoms with Gasteiger partial charge in [0.15, 0.2) is 0 Å². The number of pyridine rings is 1. The molecule has 1 heterocycles. The Morgan fingerprint density at radius 3 is 2.33 bits per heavy atom. The van der Waals surface area contributed by atoms with E-state index in [1.54, 1.807) is 42.5 Å². The highest BCUT2D eigenvalue weighted by molar-refractivity contribution is 6.01. The Kier molecular flexibility index (Phi) is 9.26. The van der Waals surface area contributed by atoms with Gasteiger partial charge in [0, 0.05) is 23.9 Å². The highest BCUT2D eigenvalue weighted by Crippen LogP contribution is 2.27. The standard InChI is InChI=1S/C33H30FN3O6/c34-23-5-3-4-22(19-23)32(39)36-24-9-11-25(12-10-24)42-26-13-15-27(16-14-26)43-31-17-8-21(20-35-31)18-30(38)37-29-7-2-1-6-28(29)33(40)41/h1-8,13-17,19-20,24-25H,9-12,18H2,(H,36,39)(H,37,38)(H,40,41). The van der Waals surface area contributed by atoms with E-state index in [0.29, 0.717) is 28.5 Å². The maximum Gasteiger partial charge on any atom is 0.337 e. The van der Waals surface area contributed by atoms with Gasteiger partial charge in [0.05, 0.1) is 23.8 Å². The molecule has 3 aromatic carbocycles. The first-order valence-electron chi connectivity index (χ1n) is 13.9. The maximum atomic E-state index is 13.4. The first-order valence-corrected chi connectivity index (χ1v) is 13.9. The van der Waals surface area contributed by atoms with Crippen molar-refractivity contribution in [2.24, 2.45) is 0 Å². The van der Waals surface area contributed by atoms with Crippen LogP contribution in [0.15, 0.2) is 91.1 Å². The molecular formula is C33H30FN3O6. The lowest BCUT2D eigenvalue weighted by molar-refractivity contribution is -0.115. The van der Waals surface area contributed by atoms with Gasteiger partial charge >= 0.3 is 5.97 Å². The van der Waals surface area contributed by atoms with Crippen LogP contribution in [-0.2, 0) is 11.2 Å². The molecule has 2 amide bonds. The number of hydrogen-bond acceptors (Lipinski definition) is 6. The second-order valence-corrected chi connectivity index (χ2v) is 10.2. The molecule has 0 spiro atoms. The zero-order chi connectivity index (χ0) is 30.2. The third kappa shape index (κ3) is 8.16. The largest absolute Gasteiger partial charge is 0.490 e. The van der Waals surface area contributed by atoms with Gasteiger partial charge in [-0.2, -0.15) is 0 Å². The molecule has 0 atom stereocenters. The monoisotopic (exact) mass is 583 g/mol. The third-order valence-electron chi connectivity index (χ3n) is 7.04. The summed E-state index contributed by atoms with van der Waals surface area (Å²) in [6.07, 6.45) is 4.69. The Morgan fingerprint density at radius 2 is 1.63 bits per heavy atom. The van der Waals surface area contributed by atoms with Crippen molar-refractivity contribution in [3.63, 3.8) is 0 Å². The summed E-state index contributed by atoms with van der Waals surface area (Å²) in [5, 5.41) is 14.9. The lowest BCUT2D eigenvalue weighted by atomic mass is 9.92. The molecule has 3 N–H and O–H groups in total. The van der Waals surface area contributed by atoms with Crippen molar-refractivity contribution in [1.82, 2.24) is 10.3 Å². The number of para-hydroxylation sites is 1. The summed E-state index contributed by atoms with van der Waals surface area (Å²) in [5.74, 6) is -0.552. The Morgan fingerprint density at radius 1 is 0.884 bits per heavy atom. The number of benzene rings is 3. The number of carbonyl (C=O) groups is 3. The number of carboxylic acids is 1. The summed E-state index contributed by atoms with van der Waals surface area (Å²) < 4.78 is 25.3. The van der Waals surface area contributed by atoms with Gasteiger partial charge in [-0.3, -0.25) is 9.59 Å². The zero-order valence-corrected chi connectivity index (χ0v) is 23.2. The van der Waals surface area contributed by atoms with Crippen LogP contribution in [0.3, 0.4) is 0 Å². The summed E-state index contributed by atoms with van der Waals surface area (Å²) in [7, 11) is 0. The molecule has 0 saturated heterocycles. The number of amides is 2. The van der Waals surface area contributed by atoms with Crippen molar-refractivity contribution in [3.05, 3.63) is 114 Å². The van der Waals surface area contributed by atoms with Crippen molar-refractivity contribution in [2.75, 3.05) is 5.32 Å². The second-order valence-electron chi connectivity index (χ2n) is 10.2. The molecule has 5 rings (SSSR count). The first-order chi connectivity index (χ1) is 20.8. The lowest BCUT2D eigenvalue weighted by Crippen LogP contribution is -2.39. The average molecular weight is 584 g/mol. The van der Waals surface area contributed by atoms with E-state index in [-0.39, 0.29) is 41.6 Å². The third-order valence-corrected chi connectivity index (χ3v) is 7.04. The number of carboxylic acid groups (broad SMARTS) is 1. The quantitative estimate of drug-likeness (QED) is 0.209. The highest BCUT2D eigenvalue weighted by atomic mass is 19.1. The predicted octanol–water partition coefficient (Wildman–Crippen LogP) is 6.01. The van der Waals surface area contributed by atoms with E-state index in [1.807, 2.05) is 12.1 Å². The highest BCUT2D eigenvalue weighted by Gasteiger charge is 2.24. The van der Waals surface area contributed by atoms with Crippen LogP contribution in [0.4, 0.5) is 10.1 Å². The minimum atomic E-state index is -1.12. The van der Waals surface area contributed by atoms with Gasteiger partial charge in [-0.25, -0.2) is 14.2 Å². The first kappa shape index (κ1) is 29.2. The summed E-state index contributed by atoms with van der Waals surface area (Å²) in [6.45, 7) is 0. The number of carbonyl (C=O) groups excluding carboxylic acids is 2. The number of anilines is 1. The Bertz CT molecular complexity index is 1590. The van der Waals surface area contributed by atoms with E-state index < -0.39 is 11.8 Å². The average Bonchev–Trinajstić information content (AvgIpc) is 3.00. The molecule has 220 valence electrons. The van der Waals surface area contributed by atoms with E-state index in [9.17, 15) is 23.9 Å². The van der Waals surface area contributed by atoms with Crippen LogP contribution in [0.2, 0.25) is 0 Å². The molecule has 9 nitrogen and oxygen atoms in total. The number of halogens is 1. The van der Waals surface area contributed by atoms with E-state index in [4.69, 9.17) is 9.47 Å². The van der Waals surface area contributed by atoms with Crippen molar-refractivity contribution < 1.29 is 33.4 Å². The molecule has 43 heavy (non-hydrogen) atoms. The predicted molar refractivity (Wildman–Crippen MR) is 157 cm³/mol. The van der Waals surface area contributed by atoms with Gasteiger partial charge in [-0.1, -0.05) is 24.3 Å². The number of aromatic carboxylic acids is 1. The molecule has 0 aliphatic heterocycles. The number of hydrogen-bond donors (Lipinski definition) is 3. The topological polar surface area (TPSA) is 127 Å². The summed E-state index contributed by atoms with van der Waals surface area (Å²) >= 11 is 0. The van der Waals surface area contributed by atoms with Crippen LogP contribution >= 0.6 is 0 Å². The van der Waals surface area contributed by atoms with Crippen LogP contribution in [0, 0.1) is 5.82 Å². The number of ether oxygens (including phenoxy) is 2. The van der Waals surface area contributed by atoms with Gasteiger partial charge < -0.3 is 25.2 Å². The molecule has 0 unspecified atom stereocenters. The van der Waals surface area contributed by atoms with Crippen molar-refractivity contribution in [2.45, 2.75) is 44.2 Å². The fraction of sp³-hybridized carbons (Fsp3) is 0.212. The van der Waals surface area contributed by atoms with Crippen molar-refractivity contribution >= 4 is 23.5 Å². The molecule has 1 aliphatic rings. The van der Waals surface area contributed by atoms with E-state index in [2.05, 4.69) is 15.6 Å². The molecule has 1 saturated carbocycles. The van der Waals surface area contributed by atoms with Crippen LogP contribution in [0.5, 0.6) is 17.4 Å². The Balaban J connectivity index is 1.06. The van der Waals surface area contributed by atoms with E-state index in [1.165, 1.54) is 36.5 Å². The van der Waals surface area contributed by atoms with Crippen LogP contribution in [0.1, 0.15) is 52.0 Å². The summed E-state index contributed by atoms with van der Waals surface area (Å²) in [4.78, 5) is 40.4. The summed E-state index contributed by atoms with van der Waals surface area (Å²) in [5.41, 5.74) is 1.21. The molecule has 10 heteroatoms. The lowest BCUT2D eigenvalue weighted by Gasteiger charge is -2.29. The maximum absolute atomic E-state index is 13.4. The van der Waals surface area contributed by atoms with Crippen LogP contribution < -0.4 is 20.1 Å². The SMILES string of the molecule is O=C(Cc1ccc(Oc2ccc(OC3CCC(NC(=O)c4cccc(F)c4)CC3)cc2)nc1)Nc1ccccc1C(=O)O. The molecule has 1 aromatic heterocycles. The van der Waals surface area contributed by atoms with Gasteiger partial charge in [0.25, 0.3) is 5.91 Å². The normalized spacial score (nSPS) is 16.1. The summed E-state index contributed by atoms with van der Waals surface area (Å²) in [6, 6.07) is 22.5. The van der Waals surface area contributed by atoms with Crippen LogP contribution in [0.25, 0.3) is 0 Å². The van der Waals surface area contributed by atoms with Gasteiger partial charge in [-0.05, 0) is 85.8 Å². The molecule has 4 aromatic rings.